The highest BCUT2D eigenvalue weighted by atomic mass is 19.1. The normalized spacial score (nSPS) is 11.9. The molecule has 0 aliphatic rings. The predicted octanol–water partition coefficient (Wildman–Crippen LogP) is 3.30. The van der Waals surface area contributed by atoms with Crippen molar-refractivity contribution in [3.63, 3.8) is 0 Å². The molecule has 3 nitrogen and oxygen atoms in total. The lowest BCUT2D eigenvalue weighted by molar-refractivity contribution is 0.213. The van der Waals surface area contributed by atoms with Gasteiger partial charge in [0.05, 0.1) is 6.61 Å². The number of rotatable bonds is 6. The number of benzene rings is 2. The third-order valence-electron chi connectivity index (χ3n) is 2.85. The predicted molar refractivity (Wildman–Crippen MR) is 76.4 cm³/mol. The van der Waals surface area contributed by atoms with Crippen molar-refractivity contribution in [1.82, 2.24) is 0 Å². The SMILES string of the molecule is CCOc1ccc(OC(CN)c2cccc(F)c2)cc1. The molecule has 1 unspecified atom stereocenters. The zero-order valence-corrected chi connectivity index (χ0v) is 11.4. The molecule has 1 atom stereocenters. The van der Waals surface area contributed by atoms with Crippen molar-refractivity contribution < 1.29 is 13.9 Å². The summed E-state index contributed by atoms with van der Waals surface area (Å²) in [7, 11) is 0. The summed E-state index contributed by atoms with van der Waals surface area (Å²) < 4.78 is 24.4. The lowest BCUT2D eigenvalue weighted by Gasteiger charge is -2.18. The maximum Gasteiger partial charge on any atom is 0.136 e. The monoisotopic (exact) mass is 275 g/mol. The van der Waals surface area contributed by atoms with Crippen molar-refractivity contribution in [3.05, 3.63) is 59.9 Å². The largest absolute Gasteiger partial charge is 0.494 e. The molecule has 106 valence electrons. The van der Waals surface area contributed by atoms with Crippen LogP contribution in [0.2, 0.25) is 0 Å². The quantitative estimate of drug-likeness (QED) is 0.879. The molecule has 0 aliphatic carbocycles. The molecular weight excluding hydrogens is 257 g/mol. The minimum absolute atomic E-state index is 0.274. The highest BCUT2D eigenvalue weighted by Crippen LogP contribution is 2.24. The molecule has 2 rings (SSSR count). The average Bonchev–Trinajstić information content (AvgIpc) is 2.47. The first-order chi connectivity index (χ1) is 9.72. The summed E-state index contributed by atoms with van der Waals surface area (Å²) >= 11 is 0. The van der Waals surface area contributed by atoms with Crippen molar-refractivity contribution in [1.29, 1.82) is 0 Å². The molecule has 0 amide bonds. The topological polar surface area (TPSA) is 44.5 Å². The zero-order chi connectivity index (χ0) is 14.4. The fourth-order valence-corrected chi connectivity index (χ4v) is 1.90. The van der Waals surface area contributed by atoms with Gasteiger partial charge in [0.25, 0.3) is 0 Å². The van der Waals surface area contributed by atoms with Crippen LogP contribution in [-0.2, 0) is 0 Å². The Morgan fingerprint density at radius 1 is 1.10 bits per heavy atom. The van der Waals surface area contributed by atoms with Gasteiger partial charge in [-0.2, -0.15) is 0 Å². The summed E-state index contributed by atoms with van der Waals surface area (Å²) in [4.78, 5) is 0. The lowest BCUT2D eigenvalue weighted by atomic mass is 10.1. The van der Waals surface area contributed by atoms with Gasteiger partial charge < -0.3 is 15.2 Å². The molecule has 4 heteroatoms. The average molecular weight is 275 g/mol. The molecule has 0 fully saturated rings. The van der Waals surface area contributed by atoms with E-state index in [2.05, 4.69) is 0 Å². The van der Waals surface area contributed by atoms with Gasteiger partial charge in [0, 0.05) is 6.54 Å². The highest BCUT2D eigenvalue weighted by Gasteiger charge is 2.12. The van der Waals surface area contributed by atoms with E-state index >= 15 is 0 Å². The summed E-state index contributed by atoms with van der Waals surface area (Å²) in [6.07, 6.45) is -0.372. The van der Waals surface area contributed by atoms with E-state index in [1.54, 1.807) is 12.1 Å². The van der Waals surface area contributed by atoms with Crippen LogP contribution < -0.4 is 15.2 Å². The van der Waals surface area contributed by atoms with Crippen LogP contribution in [0, 0.1) is 5.82 Å². The molecule has 0 saturated carbocycles. The number of ether oxygens (including phenoxy) is 2. The second kappa shape index (κ2) is 6.91. The smallest absolute Gasteiger partial charge is 0.136 e. The van der Waals surface area contributed by atoms with E-state index in [4.69, 9.17) is 15.2 Å². The first-order valence-electron chi connectivity index (χ1n) is 6.58. The van der Waals surface area contributed by atoms with E-state index in [-0.39, 0.29) is 18.5 Å². The Balaban J connectivity index is 2.09. The molecule has 0 heterocycles. The molecular formula is C16H18FNO2. The minimum Gasteiger partial charge on any atom is -0.494 e. The molecule has 0 saturated heterocycles. The molecule has 2 aromatic carbocycles. The van der Waals surface area contributed by atoms with Gasteiger partial charge in [0.15, 0.2) is 0 Å². The van der Waals surface area contributed by atoms with Crippen LogP contribution in [0.15, 0.2) is 48.5 Å². The molecule has 2 aromatic rings. The van der Waals surface area contributed by atoms with Crippen molar-refractivity contribution in [2.75, 3.05) is 13.2 Å². The van der Waals surface area contributed by atoms with E-state index in [0.717, 1.165) is 11.3 Å². The Kier molecular flexibility index (Phi) is 4.96. The summed E-state index contributed by atoms with van der Waals surface area (Å²) in [5.74, 6) is 1.17. The van der Waals surface area contributed by atoms with Gasteiger partial charge in [-0.3, -0.25) is 0 Å². The number of halogens is 1. The lowest BCUT2D eigenvalue weighted by Crippen LogP contribution is -2.18. The van der Waals surface area contributed by atoms with Crippen molar-refractivity contribution in [3.8, 4) is 11.5 Å². The third-order valence-corrected chi connectivity index (χ3v) is 2.85. The van der Waals surface area contributed by atoms with Crippen LogP contribution in [0.4, 0.5) is 4.39 Å². The van der Waals surface area contributed by atoms with E-state index in [1.807, 2.05) is 31.2 Å². The molecule has 0 aromatic heterocycles. The maximum absolute atomic E-state index is 13.2. The first-order valence-corrected chi connectivity index (χ1v) is 6.58. The standard InChI is InChI=1S/C16H18FNO2/c1-2-19-14-6-8-15(9-7-14)20-16(11-18)12-4-3-5-13(17)10-12/h3-10,16H,2,11,18H2,1H3. The van der Waals surface area contributed by atoms with Crippen molar-refractivity contribution in [2.45, 2.75) is 13.0 Å². The fourth-order valence-electron chi connectivity index (χ4n) is 1.90. The van der Waals surface area contributed by atoms with Crippen LogP contribution in [0.5, 0.6) is 11.5 Å². The van der Waals surface area contributed by atoms with Crippen LogP contribution in [0.3, 0.4) is 0 Å². The maximum atomic E-state index is 13.2. The number of nitrogens with two attached hydrogens (primary N) is 1. The molecule has 0 spiro atoms. The van der Waals surface area contributed by atoms with Crippen LogP contribution in [0.25, 0.3) is 0 Å². The number of hydrogen-bond donors (Lipinski definition) is 1. The van der Waals surface area contributed by atoms with Crippen LogP contribution in [-0.4, -0.2) is 13.2 Å². The van der Waals surface area contributed by atoms with Gasteiger partial charge in [0.2, 0.25) is 0 Å². The fraction of sp³-hybridized carbons (Fsp3) is 0.250. The van der Waals surface area contributed by atoms with E-state index in [0.29, 0.717) is 12.4 Å². The number of hydrogen-bond acceptors (Lipinski definition) is 3. The van der Waals surface area contributed by atoms with Gasteiger partial charge in [-0.05, 0) is 48.9 Å². The van der Waals surface area contributed by atoms with Crippen molar-refractivity contribution >= 4 is 0 Å². The van der Waals surface area contributed by atoms with E-state index < -0.39 is 0 Å². The Hall–Kier alpha value is -2.07. The summed E-state index contributed by atoms with van der Waals surface area (Å²) in [6.45, 7) is 2.82. The minimum atomic E-state index is -0.372. The van der Waals surface area contributed by atoms with Crippen molar-refractivity contribution in [2.24, 2.45) is 5.73 Å². The molecule has 0 radical (unpaired) electrons. The van der Waals surface area contributed by atoms with Gasteiger partial charge in [-0.15, -0.1) is 0 Å². The molecule has 0 aliphatic heterocycles. The first kappa shape index (κ1) is 14.3. The Bertz CT molecular complexity index is 542. The Morgan fingerprint density at radius 2 is 1.80 bits per heavy atom. The highest BCUT2D eigenvalue weighted by molar-refractivity contribution is 5.32. The van der Waals surface area contributed by atoms with Gasteiger partial charge in [-0.1, -0.05) is 12.1 Å². The van der Waals surface area contributed by atoms with Gasteiger partial charge >= 0.3 is 0 Å². The zero-order valence-electron chi connectivity index (χ0n) is 11.4. The summed E-state index contributed by atoms with van der Waals surface area (Å²) in [5, 5.41) is 0. The summed E-state index contributed by atoms with van der Waals surface area (Å²) in [6, 6.07) is 13.6. The second-order valence-corrected chi connectivity index (χ2v) is 4.30. The molecule has 2 N–H and O–H groups in total. The second-order valence-electron chi connectivity index (χ2n) is 4.30. The molecule has 0 bridgehead atoms. The Labute approximate surface area is 118 Å². The van der Waals surface area contributed by atoms with Gasteiger partial charge in [-0.25, -0.2) is 4.39 Å². The van der Waals surface area contributed by atoms with Crippen LogP contribution in [0.1, 0.15) is 18.6 Å². The summed E-state index contributed by atoms with van der Waals surface area (Å²) in [5.41, 5.74) is 6.43. The van der Waals surface area contributed by atoms with E-state index in [1.165, 1.54) is 12.1 Å². The van der Waals surface area contributed by atoms with Gasteiger partial charge in [0.1, 0.15) is 23.4 Å². The third kappa shape index (κ3) is 3.71. The van der Waals surface area contributed by atoms with Crippen LogP contribution >= 0.6 is 0 Å². The molecule has 20 heavy (non-hydrogen) atoms. The van der Waals surface area contributed by atoms with E-state index in [9.17, 15) is 4.39 Å². The Morgan fingerprint density at radius 3 is 2.40 bits per heavy atom.